The van der Waals surface area contributed by atoms with Gasteiger partial charge < -0.3 is 14.5 Å². The van der Waals surface area contributed by atoms with E-state index in [0.717, 1.165) is 31.2 Å². The molecule has 1 saturated heterocycles. The lowest BCUT2D eigenvalue weighted by molar-refractivity contribution is -0.137. The monoisotopic (exact) mass is 369 g/mol. The molecule has 1 saturated carbocycles. The first kappa shape index (κ1) is 17.7. The zero-order chi connectivity index (χ0) is 18.8. The Morgan fingerprint density at radius 3 is 2.89 bits per heavy atom. The van der Waals surface area contributed by atoms with Crippen LogP contribution in [0.4, 0.5) is 0 Å². The van der Waals surface area contributed by atoms with Gasteiger partial charge in [0.25, 0.3) is 5.91 Å². The fourth-order valence-corrected chi connectivity index (χ4v) is 3.64. The van der Waals surface area contributed by atoms with Crippen LogP contribution in [0.25, 0.3) is 11.4 Å². The second-order valence-electron chi connectivity index (χ2n) is 7.50. The standard InChI is InChI=1S/C20H23N3O4/c24-17(25)9-6-13-3-2-10-23(12-13)20(26)16-5-1-4-15(11-16)18-21-19(27-22-18)14-7-8-14/h1,4-5,11,13-14H,2-3,6-10,12H2,(H,24,25)/t13-/m0/s1. The van der Waals surface area contributed by atoms with Gasteiger partial charge in [0.1, 0.15) is 0 Å². The summed E-state index contributed by atoms with van der Waals surface area (Å²) in [6, 6.07) is 7.32. The Morgan fingerprint density at radius 1 is 1.26 bits per heavy atom. The van der Waals surface area contributed by atoms with Gasteiger partial charge in [-0.2, -0.15) is 4.98 Å². The van der Waals surface area contributed by atoms with Crippen molar-refractivity contribution in [1.82, 2.24) is 15.0 Å². The molecule has 0 spiro atoms. The first-order valence-corrected chi connectivity index (χ1v) is 9.55. The van der Waals surface area contributed by atoms with Crippen LogP contribution >= 0.6 is 0 Å². The number of carboxylic acids is 1. The summed E-state index contributed by atoms with van der Waals surface area (Å²) in [5, 5.41) is 12.9. The van der Waals surface area contributed by atoms with Crippen molar-refractivity contribution in [3.05, 3.63) is 35.7 Å². The average Bonchev–Trinajstić information content (AvgIpc) is 3.43. The zero-order valence-corrected chi connectivity index (χ0v) is 15.1. The first-order chi connectivity index (χ1) is 13.1. The maximum atomic E-state index is 12.9. The number of benzene rings is 1. The normalized spacial score (nSPS) is 19.9. The number of carbonyl (C=O) groups excluding carboxylic acids is 1. The van der Waals surface area contributed by atoms with E-state index in [1.165, 1.54) is 0 Å². The highest BCUT2D eigenvalue weighted by Crippen LogP contribution is 2.39. The fraction of sp³-hybridized carbons (Fsp3) is 0.500. The molecule has 1 aromatic heterocycles. The molecule has 1 aromatic carbocycles. The summed E-state index contributed by atoms with van der Waals surface area (Å²) in [5.74, 6) is 1.04. The molecule has 0 radical (unpaired) electrons. The largest absolute Gasteiger partial charge is 0.481 e. The second kappa shape index (κ2) is 7.50. The average molecular weight is 369 g/mol. The highest BCUT2D eigenvalue weighted by Gasteiger charge is 2.30. The Labute approximate surface area is 157 Å². The Morgan fingerprint density at radius 2 is 2.11 bits per heavy atom. The van der Waals surface area contributed by atoms with E-state index in [2.05, 4.69) is 10.1 Å². The van der Waals surface area contributed by atoms with Crippen molar-refractivity contribution in [3.63, 3.8) is 0 Å². The van der Waals surface area contributed by atoms with Crippen molar-refractivity contribution in [1.29, 1.82) is 0 Å². The molecule has 4 rings (SSSR count). The predicted molar refractivity (Wildman–Crippen MR) is 97.2 cm³/mol. The van der Waals surface area contributed by atoms with Gasteiger partial charge in [0.05, 0.1) is 0 Å². The van der Waals surface area contributed by atoms with Crippen LogP contribution in [-0.2, 0) is 4.79 Å². The van der Waals surface area contributed by atoms with Crippen molar-refractivity contribution in [2.24, 2.45) is 5.92 Å². The summed E-state index contributed by atoms with van der Waals surface area (Å²) in [6.07, 6.45) is 4.85. The number of likely N-dealkylation sites (tertiary alicyclic amines) is 1. The maximum Gasteiger partial charge on any atom is 0.303 e. The summed E-state index contributed by atoms with van der Waals surface area (Å²) in [7, 11) is 0. The topological polar surface area (TPSA) is 96.5 Å². The summed E-state index contributed by atoms with van der Waals surface area (Å²) < 4.78 is 5.32. The smallest absolute Gasteiger partial charge is 0.303 e. The third kappa shape index (κ3) is 4.18. The molecule has 2 heterocycles. The fourth-order valence-electron chi connectivity index (χ4n) is 3.64. The molecule has 1 atom stereocenters. The van der Waals surface area contributed by atoms with E-state index in [1.54, 1.807) is 6.07 Å². The van der Waals surface area contributed by atoms with Gasteiger partial charge in [-0.05, 0) is 50.2 Å². The van der Waals surface area contributed by atoms with E-state index < -0.39 is 5.97 Å². The van der Waals surface area contributed by atoms with Crippen molar-refractivity contribution in [2.45, 2.75) is 44.4 Å². The van der Waals surface area contributed by atoms with Gasteiger partial charge in [0.2, 0.25) is 11.7 Å². The number of rotatable bonds is 6. The van der Waals surface area contributed by atoms with Crippen LogP contribution in [0.2, 0.25) is 0 Å². The summed E-state index contributed by atoms with van der Waals surface area (Å²) in [6.45, 7) is 1.32. The van der Waals surface area contributed by atoms with E-state index >= 15 is 0 Å². The van der Waals surface area contributed by atoms with Crippen LogP contribution in [0.1, 0.15) is 60.7 Å². The molecule has 27 heavy (non-hydrogen) atoms. The number of nitrogens with zero attached hydrogens (tertiary/aromatic N) is 3. The number of hydrogen-bond acceptors (Lipinski definition) is 5. The molecular formula is C20H23N3O4. The first-order valence-electron chi connectivity index (χ1n) is 9.55. The van der Waals surface area contributed by atoms with Crippen molar-refractivity contribution < 1.29 is 19.2 Å². The third-order valence-electron chi connectivity index (χ3n) is 5.31. The highest BCUT2D eigenvalue weighted by atomic mass is 16.5. The number of aliphatic carboxylic acids is 1. The molecule has 7 heteroatoms. The SMILES string of the molecule is O=C(O)CC[C@@H]1CCCN(C(=O)c2cccc(-c3noc(C4CC4)n3)c2)C1. The summed E-state index contributed by atoms with van der Waals surface area (Å²) in [5.41, 5.74) is 1.38. The number of hydrogen-bond donors (Lipinski definition) is 1. The lowest BCUT2D eigenvalue weighted by Crippen LogP contribution is -2.40. The number of carboxylic acid groups (broad SMARTS) is 1. The van der Waals surface area contributed by atoms with E-state index in [0.29, 0.717) is 42.7 Å². The molecule has 0 unspecified atom stereocenters. The van der Waals surface area contributed by atoms with Crippen molar-refractivity contribution in [2.75, 3.05) is 13.1 Å². The number of amides is 1. The lowest BCUT2D eigenvalue weighted by Gasteiger charge is -2.32. The molecule has 0 bridgehead atoms. The summed E-state index contributed by atoms with van der Waals surface area (Å²) in [4.78, 5) is 30.0. The van der Waals surface area contributed by atoms with Gasteiger partial charge >= 0.3 is 5.97 Å². The Hall–Kier alpha value is -2.70. The molecule has 2 aliphatic rings. The summed E-state index contributed by atoms with van der Waals surface area (Å²) >= 11 is 0. The van der Waals surface area contributed by atoms with Crippen molar-refractivity contribution in [3.8, 4) is 11.4 Å². The van der Waals surface area contributed by atoms with Crippen LogP contribution in [0.15, 0.2) is 28.8 Å². The van der Waals surface area contributed by atoms with E-state index in [-0.39, 0.29) is 18.2 Å². The van der Waals surface area contributed by atoms with Gasteiger partial charge in [0.15, 0.2) is 0 Å². The lowest BCUT2D eigenvalue weighted by atomic mass is 9.93. The molecule has 1 N–H and O–H groups in total. The Bertz CT molecular complexity index is 843. The molecular weight excluding hydrogens is 346 g/mol. The Balaban J connectivity index is 1.45. The van der Waals surface area contributed by atoms with E-state index in [1.807, 2.05) is 23.1 Å². The molecule has 142 valence electrons. The van der Waals surface area contributed by atoms with E-state index in [9.17, 15) is 9.59 Å². The van der Waals surface area contributed by atoms with Gasteiger partial charge in [-0.15, -0.1) is 0 Å². The highest BCUT2D eigenvalue weighted by molar-refractivity contribution is 5.95. The maximum absolute atomic E-state index is 12.9. The van der Waals surface area contributed by atoms with Gasteiger partial charge in [-0.25, -0.2) is 0 Å². The predicted octanol–water partition coefficient (Wildman–Crippen LogP) is 3.33. The van der Waals surface area contributed by atoms with Gasteiger partial charge in [-0.3, -0.25) is 9.59 Å². The Kier molecular flexibility index (Phi) is 4.92. The van der Waals surface area contributed by atoms with Crippen LogP contribution in [0.5, 0.6) is 0 Å². The van der Waals surface area contributed by atoms with Crippen LogP contribution in [-0.4, -0.2) is 45.1 Å². The van der Waals surface area contributed by atoms with Gasteiger partial charge in [-0.1, -0.05) is 17.3 Å². The molecule has 1 aliphatic heterocycles. The minimum atomic E-state index is -0.781. The molecule has 7 nitrogen and oxygen atoms in total. The molecule has 2 aromatic rings. The van der Waals surface area contributed by atoms with Crippen LogP contribution < -0.4 is 0 Å². The third-order valence-corrected chi connectivity index (χ3v) is 5.31. The van der Waals surface area contributed by atoms with Gasteiger partial charge in [0, 0.05) is 36.6 Å². The number of piperidine rings is 1. The zero-order valence-electron chi connectivity index (χ0n) is 15.1. The number of aromatic nitrogens is 2. The molecule has 1 aliphatic carbocycles. The minimum absolute atomic E-state index is 0.0252. The molecule has 2 fully saturated rings. The van der Waals surface area contributed by atoms with E-state index in [4.69, 9.17) is 9.63 Å². The minimum Gasteiger partial charge on any atom is -0.481 e. The van der Waals surface area contributed by atoms with Crippen LogP contribution in [0.3, 0.4) is 0 Å². The van der Waals surface area contributed by atoms with Crippen molar-refractivity contribution >= 4 is 11.9 Å². The molecule has 1 amide bonds. The quantitative estimate of drug-likeness (QED) is 0.839. The van der Waals surface area contributed by atoms with Crippen LogP contribution in [0, 0.1) is 5.92 Å². The second-order valence-corrected chi connectivity index (χ2v) is 7.50. The number of carbonyl (C=O) groups is 2.